The van der Waals surface area contributed by atoms with Gasteiger partial charge in [0.05, 0.1) is 11.3 Å². The summed E-state index contributed by atoms with van der Waals surface area (Å²) in [5.41, 5.74) is 1.63. The Balaban J connectivity index is 1.76. The van der Waals surface area contributed by atoms with Gasteiger partial charge in [-0.25, -0.2) is 9.97 Å². The van der Waals surface area contributed by atoms with Crippen LogP contribution in [0.4, 0.5) is 5.95 Å². The van der Waals surface area contributed by atoms with Gasteiger partial charge in [-0.3, -0.25) is 4.79 Å². The Labute approximate surface area is 140 Å². The van der Waals surface area contributed by atoms with Crippen LogP contribution in [0.25, 0.3) is 0 Å². The summed E-state index contributed by atoms with van der Waals surface area (Å²) in [6, 6.07) is 0. The van der Waals surface area contributed by atoms with Gasteiger partial charge in [-0.05, 0) is 18.3 Å². The number of hydrogen-bond donors (Lipinski definition) is 1. The van der Waals surface area contributed by atoms with Gasteiger partial charge in [0, 0.05) is 19.2 Å². The van der Waals surface area contributed by atoms with E-state index in [0.717, 1.165) is 25.1 Å². The van der Waals surface area contributed by atoms with Gasteiger partial charge in [-0.15, -0.1) is 0 Å². The molecule has 1 aromatic heterocycles. The van der Waals surface area contributed by atoms with Crippen LogP contribution in [0.2, 0.25) is 0 Å². The molecule has 4 heteroatoms. The molecule has 0 atom stereocenters. The number of Topliss-reactive ketones (excluding diaryl/α,β-unsaturated/α-hetero) is 1. The number of nitrogens with one attached hydrogen (secondary N) is 1. The number of nitrogens with zero attached hydrogens (tertiary/aromatic N) is 2. The molecule has 1 aliphatic carbocycles. The summed E-state index contributed by atoms with van der Waals surface area (Å²) < 4.78 is 0. The molecule has 128 valence electrons. The minimum atomic E-state index is 0.00813. The summed E-state index contributed by atoms with van der Waals surface area (Å²) >= 11 is 0. The molecule has 23 heavy (non-hydrogen) atoms. The topological polar surface area (TPSA) is 54.9 Å². The van der Waals surface area contributed by atoms with Crippen LogP contribution in [0.5, 0.6) is 0 Å². The van der Waals surface area contributed by atoms with Crippen molar-refractivity contribution < 1.29 is 4.79 Å². The summed E-state index contributed by atoms with van der Waals surface area (Å²) in [4.78, 5) is 21.0. The summed E-state index contributed by atoms with van der Waals surface area (Å²) in [5, 5.41) is 3.31. The molecule has 0 radical (unpaired) electrons. The summed E-state index contributed by atoms with van der Waals surface area (Å²) in [6.45, 7) is 7.41. The Kier molecular flexibility index (Phi) is 6.55. The van der Waals surface area contributed by atoms with Gasteiger partial charge in [-0.2, -0.15) is 0 Å². The first-order valence-electron chi connectivity index (χ1n) is 9.15. The lowest BCUT2D eigenvalue weighted by molar-refractivity contribution is 0.0910. The number of anilines is 1. The SMILES string of the molecule is CCCCCCCCCNc1ncc2c(n1)CC(C)(C)CC2=O. The molecule has 0 saturated carbocycles. The van der Waals surface area contributed by atoms with Crippen LogP contribution in [0.15, 0.2) is 6.20 Å². The molecule has 0 spiro atoms. The van der Waals surface area contributed by atoms with E-state index < -0.39 is 0 Å². The van der Waals surface area contributed by atoms with Gasteiger partial charge in [0.15, 0.2) is 5.78 Å². The summed E-state index contributed by atoms with van der Waals surface area (Å²) in [6.07, 6.45) is 12.2. The number of ketones is 1. The van der Waals surface area contributed by atoms with Crippen molar-refractivity contribution in [3.63, 3.8) is 0 Å². The van der Waals surface area contributed by atoms with E-state index in [-0.39, 0.29) is 11.2 Å². The van der Waals surface area contributed by atoms with Gasteiger partial charge in [0.1, 0.15) is 0 Å². The van der Waals surface area contributed by atoms with Crippen LogP contribution in [0, 0.1) is 5.41 Å². The van der Waals surface area contributed by atoms with Crippen molar-refractivity contribution in [3.05, 3.63) is 17.5 Å². The molecule has 4 nitrogen and oxygen atoms in total. The van der Waals surface area contributed by atoms with E-state index in [9.17, 15) is 4.79 Å². The lowest BCUT2D eigenvalue weighted by Gasteiger charge is -2.29. The third kappa shape index (κ3) is 5.60. The Hall–Kier alpha value is -1.45. The number of rotatable bonds is 9. The van der Waals surface area contributed by atoms with Crippen molar-refractivity contribution in [1.82, 2.24) is 9.97 Å². The third-order valence-electron chi connectivity index (χ3n) is 4.52. The van der Waals surface area contributed by atoms with Gasteiger partial charge in [0.2, 0.25) is 5.95 Å². The Morgan fingerprint density at radius 3 is 2.52 bits per heavy atom. The quantitative estimate of drug-likeness (QED) is 0.665. The maximum Gasteiger partial charge on any atom is 0.222 e. The number of carbonyl (C=O) groups excluding carboxylic acids is 1. The summed E-state index contributed by atoms with van der Waals surface area (Å²) in [7, 11) is 0. The van der Waals surface area contributed by atoms with Crippen LogP contribution in [0.3, 0.4) is 0 Å². The molecule has 0 bridgehead atoms. The lowest BCUT2D eigenvalue weighted by Crippen LogP contribution is -2.28. The molecular weight excluding hydrogens is 286 g/mol. The number of carbonyl (C=O) groups is 1. The third-order valence-corrected chi connectivity index (χ3v) is 4.52. The van der Waals surface area contributed by atoms with Gasteiger partial charge in [0.25, 0.3) is 0 Å². The van der Waals surface area contributed by atoms with Gasteiger partial charge >= 0.3 is 0 Å². The van der Waals surface area contributed by atoms with Crippen molar-refractivity contribution in [2.45, 2.75) is 78.6 Å². The van der Waals surface area contributed by atoms with Crippen molar-refractivity contribution >= 4 is 11.7 Å². The fourth-order valence-electron chi connectivity index (χ4n) is 3.20. The Bertz CT molecular complexity index is 525. The predicted molar refractivity (Wildman–Crippen MR) is 94.9 cm³/mol. The van der Waals surface area contributed by atoms with Gasteiger partial charge < -0.3 is 5.32 Å². The van der Waals surface area contributed by atoms with Crippen molar-refractivity contribution in [2.75, 3.05) is 11.9 Å². The number of aromatic nitrogens is 2. The zero-order valence-electron chi connectivity index (χ0n) is 15.0. The number of hydrogen-bond acceptors (Lipinski definition) is 4. The van der Waals surface area contributed by atoms with Crippen LogP contribution >= 0.6 is 0 Å². The Morgan fingerprint density at radius 1 is 1.09 bits per heavy atom. The molecule has 0 saturated heterocycles. The predicted octanol–water partition coefficient (Wildman–Crippen LogP) is 4.79. The van der Waals surface area contributed by atoms with Crippen LogP contribution in [0.1, 0.15) is 88.2 Å². The van der Waals surface area contributed by atoms with Crippen LogP contribution in [-0.2, 0) is 6.42 Å². The highest BCUT2D eigenvalue weighted by molar-refractivity contribution is 5.98. The smallest absolute Gasteiger partial charge is 0.222 e. The standard InChI is InChI=1S/C19H31N3O/c1-4-5-6-7-8-9-10-11-20-18-21-14-15-16(22-18)12-19(2,3)13-17(15)23/h14H,4-13H2,1-3H3,(H,20,21,22). The molecule has 1 heterocycles. The summed E-state index contributed by atoms with van der Waals surface area (Å²) in [5.74, 6) is 0.843. The van der Waals surface area contributed by atoms with Gasteiger partial charge in [-0.1, -0.05) is 59.3 Å². The first-order chi connectivity index (χ1) is 11.0. The molecular formula is C19H31N3O. The zero-order valence-corrected chi connectivity index (χ0v) is 15.0. The maximum atomic E-state index is 12.1. The molecule has 2 rings (SSSR count). The highest BCUT2D eigenvalue weighted by Gasteiger charge is 2.32. The van der Waals surface area contributed by atoms with E-state index >= 15 is 0 Å². The highest BCUT2D eigenvalue weighted by atomic mass is 16.1. The molecule has 1 aliphatic rings. The first-order valence-corrected chi connectivity index (χ1v) is 9.15. The van der Waals surface area contributed by atoms with E-state index in [2.05, 4.69) is 36.1 Å². The number of unbranched alkanes of at least 4 members (excludes halogenated alkanes) is 6. The maximum absolute atomic E-state index is 12.1. The van der Waals surface area contributed by atoms with E-state index in [4.69, 9.17) is 0 Å². The van der Waals surface area contributed by atoms with Crippen molar-refractivity contribution in [1.29, 1.82) is 0 Å². The average Bonchev–Trinajstić information content (AvgIpc) is 2.48. The molecule has 0 aliphatic heterocycles. The minimum absolute atomic E-state index is 0.00813. The second kappa shape index (κ2) is 8.42. The van der Waals surface area contributed by atoms with E-state index in [0.29, 0.717) is 17.9 Å². The second-order valence-corrected chi connectivity index (χ2v) is 7.54. The van der Waals surface area contributed by atoms with Crippen LogP contribution in [-0.4, -0.2) is 22.3 Å². The van der Waals surface area contributed by atoms with Crippen molar-refractivity contribution in [2.24, 2.45) is 5.41 Å². The van der Waals surface area contributed by atoms with Crippen molar-refractivity contribution in [3.8, 4) is 0 Å². The molecule has 0 unspecified atom stereocenters. The monoisotopic (exact) mass is 317 g/mol. The first kappa shape index (κ1) is 17.9. The normalized spacial score (nSPS) is 16.2. The highest BCUT2D eigenvalue weighted by Crippen LogP contribution is 2.33. The van der Waals surface area contributed by atoms with E-state index in [1.807, 2.05) is 0 Å². The minimum Gasteiger partial charge on any atom is -0.354 e. The molecule has 0 aromatic carbocycles. The fraction of sp³-hybridized carbons (Fsp3) is 0.737. The number of fused-ring (bicyclic) bond motifs is 1. The average molecular weight is 317 g/mol. The molecule has 0 amide bonds. The second-order valence-electron chi connectivity index (χ2n) is 7.54. The lowest BCUT2D eigenvalue weighted by atomic mass is 9.76. The van der Waals surface area contributed by atoms with E-state index in [1.165, 1.54) is 38.5 Å². The zero-order chi connectivity index (χ0) is 16.7. The molecule has 1 aromatic rings. The molecule has 1 N–H and O–H groups in total. The largest absolute Gasteiger partial charge is 0.354 e. The van der Waals surface area contributed by atoms with E-state index in [1.54, 1.807) is 6.20 Å². The molecule has 0 fully saturated rings. The Morgan fingerprint density at radius 2 is 1.78 bits per heavy atom. The van der Waals surface area contributed by atoms with Crippen LogP contribution < -0.4 is 5.32 Å². The fourth-order valence-corrected chi connectivity index (χ4v) is 3.20.